The Morgan fingerprint density at radius 3 is 2.51 bits per heavy atom. The fourth-order valence-electron chi connectivity index (χ4n) is 5.44. The minimum Gasteiger partial charge on any atom is -0.472 e. The van der Waals surface area contributed by atoms with Crippen molar-refractivity contribution in [3.05, 3.63) is 95.6 Å². The first-order valence-electron chi connectivity index (χ1n) is 13.1. The molecule has 200 valence electrons. The normalized spacial score (nSPS) is 20.3. The molecular formula is C30H31N5O3S. The molecule has 0 saturated carbocycles. The second-order valence-electron chi connectivity index (χ2n) is 10.2. The molecule has 3 heterocycles. The van der Waals surface area contributed by atoms with Crippen LogP contribution in [0.25, 0.3) is 11.3 Å². The second-order valence-corrected chi connectivity index (χ2v) is 11.9. The lowest BCUT2D eigenvalue weighted by Crippen LogP contribution is -2.52. The second kappa shape index (κ2) is 10.3. The van der Waals surface area contributed by atoms with Gasteiger partial charge in [0.2, 0.25) is 11.8 Å². The Bertz CT molecular complexity index is 1590. The minimum absolute atomic E-state index is 0.0119. The van der Waals surface area contributed by atoms with Crippen LogP contribution in [0, 0.1) is 13.8 Å². The smallest absolute Gasteiger partial charge is 0.264 e. The van der Waals surface area contributed by atoms with Gasteiger partial charge in [0, 0.05) is 37.0 Å². The summed E-state index contributed by atoms with van der Waals surface area (Å²) in [4.78, 5) is 11.7. The van der Waals surface area contributed by atoms with Gasteiger partial charge in [-0.05, 0) is 55.2 Å². The molecule has 2 aliphatic rings. The number of fused-ring (bicyclic) bond motifs is 5. The van der Waals surface area contributed by atoms with Crippen LogP contribution in [0.2, 0.25) is 0 Å². The highest BCUT2D eigenvalue weighted by molar-refractivity contribution is 7.92. The minimum atomic E-state index is -3.93. The van der Waals surface area contributed by atoms with Crippen LogP contribution in [-0.4, -0.2) is 48.5 Å². The number of piperidine rings is 1. The van der Waals surface area contributed by atoms with Crippen LogP contribution >= 0.6 is 0 Å². The van der Waals surface area contributed by atoms with Crippen LogP contribution in [0.5, 0.6) is 5.88 Å². The Kier molecular flexibility index (Phi) is 6.70. The van der Waals surface area contributed by atoms with Crippen molar-refractivity contribution in [2.24, 2.45) is 0 Å². The molecule has 1 aromatic heterocycles. The zero-order chi connectivity index (χ0) is 27.0. The third kappa shape index (κ3) is 5.46. The maximum atomic E-state index is 13.3. The lowest BCUT2D eigenvalue weighted by atomic mass is 9.99. The number of nitrogens with one attached hydrogen (secondary N) is 2. The number of hydrogen-bond acceptors (Lipinski definition) is 7. The first-order valence-corrected chi connectivity index (χ1v) is 14.6. The largest absolute Gasteiger partial charge is 0.472 e. The van der Waals surface area contributed by atoms with Crippen LogP contribution in [0.1, 0.15) is 23.1 Å². The highest BCUT2D eigenvalue weighted by atomic mass is 32.2. The van der Waals surface area contributed by atoms with E-state index < -0.39 is 10.0 Å². The van der Waals surface area contributed by atoms with E-state index in [9.17, 15) is 8.42 Å². The van der Waals surface area contributed by atoms with E-state index in [2.05, 4.69) is 49.2 Å². The molecule has 0 radical (unpaired) electrons. The maximum absolute atomic E-state index is 13.3. The molecule has 0 spiro atoms. The molecule has 0 unspecified atom stereocenters. The number of aromatic nitrogens is 2. The van der Waals surface area contributed by atoms with Gasteiger partial charge in [-0.15, -0.1) is 0 Å². The van der Waals surface area contributed by atoms with E-state index in [4.69, 9.17) is 4.74 Å². The summed E-state index contributed by atoms with van der Waals surface area (Å²) in [5, 5.41) is 3.56. The number of benzene rings is 3. The molecule has 2 N–H and O–H groups in total. The summed E-state index contributed by atoms with van der Waals surface area (Å²) >= 11 is 0. The lowest BCUT2D eigenvalue weighted by Gasteiger charge is -2.39. The monoisotopic (exact) mass is 541 g/mol. The summed E-state index contributed by atoms with van der Waals surface area (Å²) in [5.74, 6) is 0.333. The van der Waals surface area contributed by atoms with Gasteiger partial charge in [0.05, 0.1) is 16.6 Å². The molecule has 9 heteroatoms. The van der Waals surface area contributed by atoms with Crippen molar-refractivity contribution in [3.63, 3.8) is 0 Å². The summed E-state index contributed by atoms with van der Waals surface area (Å²) in [6.45, 7) is 6.46. The summed E-state index contributed by atoms with van der Waals surface area (Å²) < 4.78 is 35.8. The highest BCUT2D eigenvalue weighted by Gasteiger charge is 2.32. The van der Waals surface area contributed by atoms with Gasteiger partial charge < -0.3 is 10.1 Å². The molecule has 0 amide bonds. The van der Waals surface area contributed by atoms with Crippen molar-refractivity contribution in [2.75, 3.05) is 23.1 Å². The van der Waals surface area contributed by atoms with Gasteiger partial charge in [0.25, 0.3) is 10.0 Å². The Labute approximate surface area is 229 Å². The third-order valence-electron chi connectivity index (χ3n) is 7.32. The first kappa shape index (κ1) is 25.3. The van der Waals surface area contributed by atoms with Gasteiger partial charge >= 0.3 is 0 Å². The molecule has 2 atom stereocenters. The number of anilines is 2. The molecule has 0 aliphatic carbocycles. The summed E-state index contributed by atoms with van der Waals surface area (Å²) in [7, 11) is -3.93. The van der Waals surface area contributed by atoms with Crippen molar-refractivity contribution in [1.82, 2.24) is 14.9 Å². The van der Waals surface area contributed by atoms with E-state index in [1.807, 2.05) is 50.2 Å². The zero-order valence-electron chi connectivity index (χ0n) is 22.0. The topological polar surface area (TPSA) is 96.5 Å². The maximum Gasteiger partial charge on any atom is 0.264 e. The number of rotatable bonds is 3. The molecule has 2 aliphatic heterocycles. The lowest BCUT2D eigenvalue weighted by molar-refractivity contribution is 0.0806. The average molecular weight is 542 g/mol. The van der Waals surface area contributed by atoms with Gasteiger partial charge in [-0.3, -0.25) is 4.90 Å². The van der Waals surface area contributed by atoms with Crippen LogP contribution < -0.4 is 14.8 Å². The van der Waals surface area contributed by atoms with E-state index >= 15 is 0 Å². The molecule has 39 heavy (non-hydrogen) atoms. The summed E-state index contributed by atoms with van der Waals surface area (Å²) in [6.07, 6.45) is 0.610. The Hall–Kier alpha value is -3.95. The van der Waals surface area contributed by atoms with Crippen molar-refractivity contribution >= 4 is 21.7 Å². The predicted octanol–water partition coefficient (Wildman–Crippen LogP) is 5.01. The molecule has 6 rings (SSSR count). The van der Waals surface area contributed by atoms with Gasteiger partial charge in [-0.25, -0.2) is 18.1 Å². The molecular weight excluding hydrogens is 510 g/mol. The molecule has 4 bridgehead atoms. The molecule has 1 saturated heterocycles. The SMILES string of the molecule is Cc1cccc(C)c1-c1cc2nc(n1)NS(=O)(=O)c1cccc(c1)N[C@@H]1CN(Cc3ccccc3)CC[C@H]1O2. The van der Waals surface area contributed by atoms with Crippen molar-refractivity contribution in [2.45, 2.75) is 43.9 Å². The van der Waals surface area contributed by atoms with E-state index in [1.54, 1.807) is 18.2 Å². The van der Waals surface area contributed by atoms with Crippen LogP contribution in [0.3, 0.4) is 0 Å². The number of hydrogen-bond donors (Lipinski definition) is 2. The van der Waals surface area contributed by atoms with E-state index in [-0.39, 0.29) is 23.0 Å². The molecule has 8 nitrogen and oxygen atoms in total. The quantitative estimate of drug-likeness (QED) is 0.376. The zero-order valence-corrected chi connectivity index (χ0v) is 22.8. The number of aryl methyl sites for hydroxylation is 2. The van der Waals surface area contributed by atoms with Crippen molar-refractivity contribution in [3.8, 4) is 17.1 Å². The van der Waals surface area contributed by atoms with E-state index in [1.165, 1.54) is 5.56 Å². The van der Waals surface area contributed by atoms with Gasteiger partial charge in [0.15, 0.2) is 0 Å². The number of sulfonamides is 1. The van der Waals surface area contributed by atoms with Crippen LogP contribution in [0.15, 0.2) is 83.8 Å². The van der Waals surface area contributed by atoms with Crippen LogP contribution in [-0.2, 0) is 16.6 Å². The fourth-order valence-corrected chi connectivity index (χ4v) is 6.43. The average Bonchev–Trinajstić information content (AvgIpc) is 2.90. The summed E-state index contributed by atoms with van der Waals surface area (Å²) in [6, 6.07) is 25.0. The number of ether oxygens (including phenoxy) is 1. The molecule has 1 fully saturated rings. The predicted molar refractivity (Wildman–Crippen MR) is 152 cm³/mol. The van der Waals surface area contributed by atoms with E-state index in [0.29, 0.717) is 11.6 Å². The molecule has 3 aromatic carbocycles. The first-order chi connectivity index (χ1) is 18.8. The van der Waals surface area contributed by atoms with Crippen molar-refractivity contribution < 1.29 is 13.2 Å². The van der Waals surface area contributed by atoms with Gasteiger partial charge in [-0.2, -0.15) is 4.98 Å². The Balaban J connectivity index is 1.41. The van der Waals surface area contributed by atoms with E-state index in [0.717, 1.165) is 48.4 Å². The third-order valence-corrected chi connectivity index (χ3v) is 8.64. The van der Waals surface area contributed by atoms with Gasteiger partial charge in [-0.1, -0.05) is 54.6 Å². The fraction of sp³-hybridized carbons (Fsp3) is 0.267. The standard InChI is InChI=1S/C30H31N5O3S/c1-20-8-6-9-21(2)29(20)25-17-28-33-30(32-25)34-39(36,37)24-13-7-12-23(16-24)31-26-19-35(15-14-27(26)38-28)18-22-10-4-3-5-11-22/h3-13,16-17,26-27,31H,14-15,18-19H2,1-2H3,(H,32,33,34)/t26-,27-/m1/s1. The van der Waals surface area contributed by atoms with Crippen LogP contribution in [0.4, 0.5) is 11.6 Å². The Morgan fingerprint density at radius 1 is 0.949 bits per heavy atom. The highest BCUT2D eigenvalue weighted by Crippen LogP contribution is 2.31. The van der Waals surface area contributed by atoms with Gasteiger partial charge in [0.1, 0.15) is 6.10 Å². The summed E-state index contributed by atoms with van der Waals surface area (Å²) in [5.41, 5.74) is 5.60. The number of likely N-dealkylation sites (tertiary alicyclic amines) is 1. The Morgan fingerprint density at radius 2 is 1.72 bits per heavy atom. The van der Waals surface area contributed by atoms with Crippen molar-refractivity contribution in [1.29, 1.82) is 0 Å². The number of nitrogens with zero attached hydrogens (tertiary/aromatic N) is 3. The molecule has 4 aromatic rings.